The van der Waals surface area contributed by atoms with Gasteiger partial charge in [-0.05, 0) is 86.0 Å². The fourth-order valence-electron chi connectivity index (χ4n) is 9.18. The lowest BCUT2D eigenvalue weighted by atomic mass is 9.77. The number of rotatable bonds is 14. The number of benzene rings is 9. The highest BCUT2D eigenvalue weighted by Gasteiger charge is 2.43. The second kappa shape index (κ2) is 18.4. The van der Waals surface area contributed by atoms with Gasteiger partial charge < -0.3 is 20.8 Å². The molecular formula is C58H48N2O4. The third-order valence-corrected chi connectivity index (χ3v) is 12.5. The third-order valence-electron chi connectivity index (χ3n) is 12.5. The zero-order chi connectivity index (χ0) is 43.9. The van der Waals surface area contributed by atoms with Gasteiger partial charge in [-0.25, -0.2) is 0 Å². The van der Waals surface area contributed by atoms with Crippen molar-refractivity contribution < 1.29 is 19.8 Å². The van der Waals surface area contributed by atoms with Crippen molar-refractivity contribution in [1.82, 2.24) is 10.6 Å². The fraction of sp³-hybridized carbons (Fsp3) is 0.103. The van der Waals surface area contributed by atoms with E-state index < -0.39 is 35.1 Å². The van der Waals surface area contributed by atoms with Crippen LogP contribution >= 0.6 is 0 Å². The summed E-state index contributed by atoms with van der Waals surface area (Å²) >= 11 is 0. The Balaban J connectivity index is 1.09. The summed E-state index contributed by atoms with van der Waals surface area (Å²) in [6, 6.07) is 70.9. The van der Waals surface area contributed by atoms with Gasteiger partial charge in [0.2, 0.25) is 0 Å². The Morgan fingerprint density at radius 1 is 0.375 bits per heavy atom. The molecule has 6 nitrogen and oxygen atoms in total. The maximum atomic E-state index is 14.7. The predicted octanol–water partition coefficient (Wildman–Crippen LogP) is 10.5. The molecule has 2 atom stereocenters. The number of nitrogens with one attached hydrogen (secondary N) is 2. The summed E-state index contributed by atoms with van der Waals surface area (Å²) in [5.41, 5.74) is 1.60. The second-order valence-corrected chi connectivity index (χ2v) is 16.3. The SMILES string of the molecule is O=C(N[C@@H](Cc1cccc2ccccc12)C(O)(c1ccccc1)c1ccccc1)c1cccc(C(=O)N[C@@H](Cc2cccc3ccccc23)C(O)(c2ccccc2)c2ccccc2)c1. The summed E-state index contributed by atoms with van der Waals surface area (Å²) in [5.74, 6) is -0.912. The molecule has 0 saturated heterocycles. The van der Waals surface area contributed by atoms with E-state index in [1.165, 1.54) is 0 Å². The Bertz CT molecular complexity index is 2740. The summed E-state index contributed by atoms with van der Waals surface area (Å²) in [6.45, 7) is 0. The van der Waals surface area contributed by atoms with Crippen molar-refractivity contribution in [3.8, 4) is 0 Å². The van der Waals surface area contributed by atoms with Crippen LogP contribution in [0.5, 0.6) is 0 Å². The molecule has 0 fully saturated rings. The lowest BCUT2D eigenvalue weighted by Gasteiger charge is -2.38. The van der Waals surface area contributed by atoms with Crippen molar-refractivity contribution >= 4 is 33.4 Å². The van der Waals surface area contributed by atoms with Crippen molar-refractivity contribution in [3.05, 3.63) is 275 Å². The van der Waals surface area contributed by atoms with E-state index in [1.807, 2.05) is 170 Å². The smallest absolute Gasteiger partial charge is 0.251 e. The third kappa shape index (κ3) is 8.32. The van der Waals surface area contributed by atoms with Gasteiger partial charge in [-0.15, -0.1) is 0 Å². The monoisotopic (exact) mass is 836 g/mol. The second-order valence-electron chi connectivity index (χ2n) is 16.3. The number of hydrogen-bond donors (Lipinski definition) is 4. The number of fused-ring (bicyclic) bond motifs is 2. The number of carbonyl (C=O) groups excluding carboxylic acids is 2. The lowest BCUT2D eigenvalue weighted by Crippen LogP contribution is -2.53. The summed E-state index contributed by atoms with van der Waals surface area (Å²) in [4.78, 5) is 29.4. The van der Waals surface area contributed by atoms with Crippen LogP contribution < -0.4 is 10.6 Å². The van der Waals surface area contributed by atoms with Crippen molar-refractivity contribution in [1.29, 1.82) is 0 Å². The van der Waals surface area contributed by atoms with Gasteiger partial charge in [0.1, 0.15) is 11.2 Å². The van der Waals surface area contributed by atoms with E-state index in [0.29, 0.717) is 35.1 Å². The summed E-state index contributed by atoms with van der Waals surface area (Å²) < 4.78 is 0. The average molecular weight is 837 g/mol. The highest BCUT2D eigenvalue weighted by molar-refractivity contribution is 6.00. The minimum atomic E-state index is -1.65. The van der Waals surface area contributed by atoms with Crippen molar-refractivity contribution in [2.75, 3.05) is 0 Å². The van der Waals surface area contributed by atoms with Crippen molar-refractivity contribution in [2.24, 2.45) is 0 Å². The van der Waals surface area contributed by atoms with Crippen LogP contribution in [0, 0.1) is 0 Å². The average Bonchev–Trinajstić information content (AvgIpc) is 3.36. The molecule has 0 unspecified atom stereocenters. The van der Waals surface area contributed by atoms with E-state index in [0.717, 1.165) is 32.7 Å². The number of carbonyl (C=O) groups is 2. The highest BCUT2D eigenvalue weighted by Crippen LogP contribution is 2.38. The first-order valence-electron chi connectivity index (χ1n) is 21.6. The Morgan fingerprint density at radius 3 is 1.03 bits per heavy atom. The molecule has 0 radical (unpaired) electrons. The Morgan fingerprint density at radius 2 is 0.672 bits per heavy atom. The molecule has 64 heavy (non-hydrogen) atoms. The van der Waals surface area contributed by atoms with Crippen molar-refractivity contribution in [3.63, 3.8) is 0 Å². The molecule has 4 N–H and O–H groups in total. The fourth-order valence-corrected chi connectivity index (χ4v) is 9.18. The van der Waals surface area contributed by atoms with Crippen LogP contribution in [-0.4, -0.2) is 34.1 Å². The maximum Gasteiger partial charge on any atom is 0.251 e. The quantitative estimate of drug-likeness (QED) is 0.0877. The molecule has 6 heteroatoms. The summed E-state index contributed by atoms with van der Waals surface area (Å²) in [6.07, 6.45) is 0.585. The molecule has 0 aliphatic rings. The first-order chi connectivity index (χ1) is 31.3. The molecule has 0 aliphatic carbocycles. The number of amides is 2. The van der Waals surface area contributed by atoms with E-state index >= 15 is 0 Å². The van der Waals surface area contributed by atoms with Crippen LogP contribution in [0.25, 0.3) is 21.5 Å². The standard InChI is InChI=1S/C58H48N2O4/c61-55(59-53(39-43-24-17-22-41-20-13-15-36-51(41)43)57(63,47-28-5-1-6-29-47)48-30-7-2-8-31-48)45-26-19-27-46(38-45)56(62)60-54(40-44-25-18-23-42-21-14-16-37-52(42)44)58(64,49-32-9-3-10-33-49)50-34-11-4-12-35-50/h1-38,53-54,63-64H,39-40H2,(H,59,61)(H,60,62)/t53-,54-/m0/s1. The lowest BCUT2D eigenvalue weighted by molar-refractivity contribution is 0.0343. The predicted molar refractivity (Wildman–Crippen MR) is 256 cm³/mol. The van der Waals surface area contributed by atoms with E-state index in [1.54, 1.807) is 24.3 Å². The Labute approximate surface area is 373 Å². The molecule has 0 saturated carbocycles. The van der Waals surface area contributed by atoms with Gasteiger partial charge in [-0.3, -0.25) is 9.59 Å². The normalized spacial score (nSPS) is 12.7. The molecule has 2 amide bonds. The van der Waals surface area contributed by atoms with Crippen LogP contribution in [0.15, 0.2) is 231 Å². The topological polar surface area (TPSA) is 98.7 Å². The van der Waals surface area contributed by atoms with Crippen LogP contribution in [0.2, 0.25) is 0 Å². The Hall–Kier alpha value is -7.64. The number of aliphatic hydroxyl groups is 2. The van der Waals surface area contributed by atoms with Crippen molar-refractivity contribution in [2.45, 2.75) is 36.1 Å². The van der Waals surface area contributed by atoms with Gasteiger partial charge in [0.25, 0.3) is 11.8 Å². The number of hydrogen-bond acceptors (Lipinski definition) is 4. The highest BCUT2D eigenvalue weighted by atomic mass is 16.3. The molecule has 9 aromatic carbocycles. The van der Waals surface area contributed by atoms with Crippen LogP contribution in [0.3, 0.4) is 0 Å². The minimum Gasteiger partial charge on any atom is -0.378 e. The van der Waals surface area contributed by atoms with Crippen LogP contribution in [0.4, 0.5) is 0 Å². The molecule has 0 spiro atoms. The first-order valence-corrected chi connectivity index (χ1v) is 21.6. The molecule has 9 aromatic rings. The van der Waals surface area contributed by atoms with Gasteiger partial charge in [-0.1, -0.05) is 212 Å². The molecular weight excluding hydrogens is 789 g/mol. The maximum absolute atomic E-state index is 14.7. The minimum absolute atomic E-state index is 0.242. The molecule has 0 aliphatic heterocycles. The van der Waals surface area contributed by atoms with Gasteiger partial charge in [-0.2, -0.15) is 0 Å². The Kier molecular flexibility index (Phi) is 12.0. The van der Waals surface area contributed by atoms with Gasteiger partial charge in [0, 0.05) is 11.1 Å². The zero-order valence-electron chi connectivity index (χ0n) is 35.2. The summed E-state index contributed by atoms with van der Waals surface area (Å²) in [7, 11) is 0. The van der Waals surface area contributed by atoms with E-state index in [9.17, 15) is 19.8 Å². The first kappa shape index (κ1) is 41.7. The molecule has 0 aromatic heterocycles. The van der Waals surface area contributed by atoms with E-state index in [2.05, 4.69) is 47.0 Å². The molecule has 0 bridgehead atoms. The van der Waals surface area contributed by atoms with Gasteiger partial charge >= 0.3 is 0 Å². The van der Waals surface area contributed by atoms with Crippen LogP contribution in [0.1, 0.15) is 54.1 Å². The van der Waals surface area contributed by atoms with Gasteiger partial charge in [0.05, 0.1) is 12.1 Å². The molecule has 0 heterocycles. The van der Waals surface area contributed by atoms with E-state index in [4.69, 9.17) is 0 Å². The van der Waals surface area contributed by atoms with Crippen LogP contribution in [-0.2, 0) is 24.0 Å². The summed E-state index contributed by atoms with van der Waals surface area (Å²) in [5, 5.41) is 36.9. The van der Waals surface area contributed by atoms with E-state index in [-0.39, 0.29) is 11.1 Å². The zero-order valence-corrected chi connectivity index (χ0v) is 35.2. The molecule has 314 valence electrons. The van der Waals surface area contributed by atoms with Gasteiger partial charge in [0.15, 0.2) is 0 Å². The molecule has 9 rings (SSSR count). The largest absolute Gasteiger partial charge is 0.378 e.